The average Bonchev–Trinajstić information content (AvgIpc) is 2.99. The molecule has 1 aromatic rings. The van der Waals surface area contributed by atoms with E-state index in [1.807, 2.05) is 0 Å². The zero-order valence-corrected chi connectivity index (χ0v) is 18.4. The van der Waals surface area contributed by atoms with Crippen molar-refractivity contribution in [1.29, 1.82) is 0 Å². The summed E-state index contributed by atoms with van der Waals surface area (Å²) >= 11 is 0. The molecule has 0 unspecified atom stereocenters. The fourth-order valence-corrected chi connectivity index (χ4v) is 8.75. The molecular formula is C27H40O2. The van der Waals surface area contributed by atoms with E-state index in [0.29, 0.717) is 11.3 Å². The minimum atomic E-state index is -0.501. The van der Waals surface area contributed by atoms with Crippen molar-refractivity contribution in [3.63, 3.8) is 0 Å². The van der Waals surface area contributed by atoms with Crippen LogP contribution in [0.25, 0.3) is 0 Å². The molecule has 0 radical (unpaired) electrons. The van der Waals surface area contributed by atoms with Crippen molar-refractivity contribution in [3.8, 4) is 0 Å². The van der Waals surface area contributed by atoms with E-state index >= 15 is 0 Å². The van der Waals surface area contributed by atoms with E-state index in [4.69, 9.17) is 0 Å². The van der Waals surface area contributed by atoms with E-state index in [9.17, 15) is 10.2 Å². The Balaban J connectivity index is 1.35. The van der Waals surface area contributed by atoms with Gasteiger partial charge in [-0.25, -0.2) is 0 Å². The Kier molecular flexibility index (Phi) is 4.91. The van der Waals surface area contributed by atoms with Crippen LogP contribution in [0.4, 0.5) is 0 Å². The van der Waals surface area contributed by atoms with Crippen LogP contribution < -0.4 is 0 Å². The van der Waals surface area contributed by atoms with Gasteiger partial charge in [0.1, 0.15) is 0 Å². The van der Waals surface area contributed by atoms with Crippen molar-refractivity contribution in [2.75, 3.05) is 0 Å². The SMILES string of the molecule is C[C@@]12CC[C@H](O)C[C@@H]1CC[C@H]1[C@H]3CC[C@](O)(CCc4ccccc4)[C@]3(C)CC[C@@H]12. The quantitative estimate of drug-likeness (QED) is 0.682. The summed E-state index contributed by atoms with van der Waals surface area (Å²) in [5.41, 5.74) is 1.36. The summed E-state index contributed by atoms with van der Waals surface area (Å²) in [5, 5.41) is 22.1. The predicted molar refractivity (Wildman–Crippen MR) is 117 cm³/mol. The van der Waals surface area contributed by atoms with Crippen LogP contribution >= 0.6 is 0 Å². The first-order chi connectivity index (χ1) is 13.9. The van der Waals surface area contributed by atoms with Gasteiger partial charge in [-0.15, -0.1) is 0 Å². The predicted octanol–water partition coefficient (Wildman–Crippen LogP) is 5.75. The van der Waals surface area contributed by atoms with Gasteiger partial charge < -0.3 is 10.2 Å². The summed E-state index contributed by atoms with van der Waals surface area (Å²) in [6.07, 6.45) is 12.4. The molecule has 0 saturated heterocycles. The molecule has 0 heterocycles. The molecule has 2 heteroatoms. The van der Waals surface area contributed by atoms with Gasteiger partial charge in [-0.2, -0.15) is 0 Å². The highest BCUT2D eigenvalue weighted by molar-refractivity contribution is 5.18. The van der Waals surface area contributed by atoms with Crippen LogP contribution in [0.1, 0.15) is 83.6 Å². The maximum Gasteiger partial charge on any atom is 0.0707 e. The summed E-state index contributed by atoms with van der Waals surface area (Å²) in [5.74, 6) is 3.00. The molecular weight excluding hydrogens is 356 g/mol. The molecule has 0 spiro atoms. The fraction of sp³-hybridized carbons (Fsp3) is 0.778. The lowest BCUT2D eigenvalue weighted by Crippen LogP contribution is -2.56. The molecule has 2 nitrogen and oxygen atoms in total. The van der Waals surface area contributed by atoms with Crippen LogP contribution in [0.5, 0.6) is 0 Å². The second kappa shape index (κ2) is 7.09. The lowest BCUT2D eigenvalue weighted by molar-refractivity contribution is -0.160. The van der Waals surface area contributed by atoms with Crippen molar-refractivity contribution < 1.29 is 10.2 Å². The van der Waals surface area contributed by atoms with Gasteiger partial charge in [0.15, 0.2) is 0 Å². The van der Waals surface area contributed by atoms with E-state index in [1.165, 1.54) is 44.1 Å². The fourth-order valence-electron chi connectivity index (χ4n) is 8.75. The molecule has 0 aromatic heterocycles. The first kappa shape index (κ1) is 20.1. The maximum atomic E-state index is 11.9. The first-order valence-corrected chi connectivity index (χ1v) is 12.3. The second-order valence-corrected chi connectivity index (χ2v) is 11.6. The maximum absolute atomic E-state index is 11.9. The second-order valence-electron chi connectivity index (χ2n) is 11.6. The summed E-state index contributed by atoms with van der Waals surface area (Å²) in [7, 11) is 0. The average molecular weight is 397 g/mol. The number of aryl methyl sites for hydroxylation is 1. The van der Waals surface area contributed by atoms with Crippen LogP contribution in [-0.2, 0) is 6.42 Å². The summed E-state index contributed by atoms with van der Waals surface area (Å²) in [6.45, 7) is 4.99. The van der Waals surface area contributed by atoms with Gasteiger partial charge in [0.05, 0.1) is 11.7 Å². The lowest BCUT2D eigenvalue weighted by atomic mass is 9.44. The Morgan fingerprint density at radius 2 is 1.66 bits per heavy atom. The number of hydrogen-bond acceptors (Lipinski definition) is 2. The summed E-state index contributed by atoms with van der Waals surface area (Å²) < 4.78 is 0. The topological polar surface area (TPSA) is 40.5 Å². The van der Waals surface area contributed by atoms with Crippen LogP contribution in [-0.4, -0.2) is 21.9 Å². The molecule has 0 aliphatic heterocycles. The normalized spacial score (nSPS) is 49.2. The van der Waals surface area contributed by atoms with Gasteiger partial charge >= 0.3 is 0 Å². The standard InChI is InChI=1S/C27H40O2/c1-25-14-11-21(28)18-20(25)8-9-22-23(25)12-15-26(2)24(22)13-17-27(26,29)16-10-19-6-4-3-5-7-19/h3-7,20-24,28-29H,8-18H2,1-2H3/t20-,21-,22+,23-,24+,25+,26+,27+/m0/s1. The van der Waals surface area contributed by atoms with Gasteiger partial charge in [-0.3, -0.25) is 0 Å². The van der Waals surface area contributed by atoms with Crippen molar-refractivity contribution in [2.45, 2.75) is 96.2 Å². The number of benzene rings is 1. The third kappa shape index (κ3) is 3.04. The van der Waals surface area contributed by atoms with E-state index in [-0.39, 0.29) is 11.5 Å². The van der Waals surface area contributed by atoms with Crippen molar-refractivity contribution in [2.24, 2.45) is 34.5 Å². The third-order valence-corrected chi connectivity index (χ3v) is 10.6. The molecule has 29 heavy (non-hydrogen) atoms. The summed E-state index contributed by atoms with van der Waals surface area (Å²) in [4.78, 5) is 0. The lowest BCUT2D eigenvalue weighted by Gasteiger charge is -2.61. The van der Waals surface area contributed by atoms with Gasteiger partial charge in [-0.1, -0.05) is 44.2 Å². The Hall–Kier alpha value is -0.860. The van der Waals surface area contributed by atoms with E-state index in [1.54, 1.807) is 0 Å². The number of hydrogen-bond donors (Lipinski definition) is 2. The van der Waals surface area contributed by atoms with E-state index in [2.05, 4.69) is 44.2 Å². The third-order valence-electron chi connectivity index (χ3n) is 10.6. The zero-order chi connectivity index (χ0) is 20.3. The highest BCUT2D eigenvalue weighted by Crippen LogP contribution is 2.68. The Labute approximate surface area is 177 Å². The van der Waals surface area contributed by atoms with Gasteiger partial charge in [0, 0.05) is 0 Å². The highest BCUT2D eigenvalue weighted by atomic mass is 16.3. The van der Waals surface area contributed by atoms with Crippen LogP contribution in [0.15, 0.2) is 30.3 Å². The minimum absolute atomic E-state index is 0.0620. The minimum Gasteiger partial charge on any atom is -0.393 e. The monoisotopic (exact) mass is 396 g/mol. The Morgan fingerprint density at radius 1 is 0.897 bits per heavy atom. The molecule has 0 bridgehead atoms. The highest BCUT2D eigenvalue weighted by Gasteiger charge is 2.64. The number of fused-ring (bicyclic) bond motifs is 5. The number of aliphatic hydroxyl groups is 2. The molecule has 2 N–H and O–H groups in total. The van der Waals surface area contributed by atoms with Gasteiger partial charge in [-0.05, 0) is 111 Å². The smallest absolute Gasteiger partial charge is 0.0707 e. The number of rotatable bonds is 3. The first-order valence-electron chi connectivity index (χ1n) is 12.3. The van der Waals surface area contributed by atoms with Crippen LogP contribution in [0.2, 0.25) is 0 Å². The largest absolute Gasteiger partial charge is 0.393 e. The van der Waals surface area contributed by atoms with Crippen molar-refractivity contribution >= 4 is 0 Å². The Bertz CT molecular complexity index is 731. The molecule has 4 saturated carbocycles. The van der Waals surface area contributed by atoms with E-state index in [0.717, 1.165) is 49.9 Å². The molecule has 1 aromatic carbocycles. The molecule has 4 aliphatic carbocycles. The molecule has 4 aliphatic rings. The van der Waals surface area contributed by atoms with Crippen LogP contribution in [0, 0.1) is 34.5 Å². The molecule has 5 rings (SSSR count). The van der Waals surface area contributed by atoms with Crippen molar-refractivity contribution in [3.05, 3.63) is 35.9 Å². The molecule has 8 atom stereocenters. The summed E-state index contributed by atoms with van der Waals surface area (Å²) in [6, 6.07) is 10.7. The van der Waals surface area contributed by atoms with Crippen molar-refractivity contribution in [1.82, 2.24) is 0 Å². The molecule has 160 valence electrons. The van der Waals surface area contributed by atoms with Crippen LogP contribution in [0.3, 0.4) is 0 Å². The van der Waals surface area contributed by atoms with Gasteiger partial charge in [0.25, 0.3) is 0 Å². The Morgan fingerprint density at radius 3 is 2.45 bits per heavy atom. The molecule has 0 amide bonds. The van der Waals surface area contributed by atoms with E-state index < -0.39 is 5.60 Å². The molecule has 4 fully saturated rings. The zero-order valence-electron chi connectivity index (χ0n) is 18.4. The number of aliphatic hydroxyl groups excluding tert-OH is 1. The van der Waals surface area contributed by atoms with Gasteiger partial charge in [0.2, 0.25) is 0 Å².